The first-order valence-corrected chi connectivity index (χ1v) is 4.99. The van der Waals surface area contributed by atoms with Crippen LogP contribution in [-0.2, 0) is 16.0 Å². The molecule has 5 nitrogen and oxygen atoms in total. The third-order valence-electron chi connectivity index (χ3n) is 1.97. The normalized spacial score (nSPS) is 11.1. The van der Waals surface area contributed by atoms with E-state index in [0.717, 1.165) is 0 Å². The number of aromatic hydroxyl groups is 2. The molecular formula is C10H17NO4. The van der Waals surface area contributed by atoms with Crippen molar-refractivity contribution in [3.8, 4) is 11.8 Å². The molecule has 0 saturated heterocycles. The molecule has 1 heterocycles. The van der Waals surface area contributed by atoms with Crippen molar-refractivity contribution in [3.05, 3.63) is 12.1 Å². The lowest BCUT2D eigenvalue weighted by Gasteiger charge is -2.18. The summed E-state index contributed by atoms with van der Waals surface area (Å²) in [6.45, 7) is 5.04. The van der Waals surface area contributed by atoms with Gasteiger partial charge in [-0.1, -0.05) is 0 Å². The van der Waals surface area contributed by atoms with Crippen LogP contribution < -0.4 is 0 Å². The fraction of sp³-hybridized carbons (Fsp3) is 0.600. The fourth-order valence-electron chi connectivity index (χ4n) is 1.31. The maximum atomic E-state index is 9.41. The first-order chi connectivity index (χ1) is 7.19. The molecule has 15 heavy (non-hydrogen) atoms. The fourth-order valence-corrected chi connectivity index (χ4v) is 1.31. The van der Waals surface area contributed by atoms with Gasteiger partial charge in [-0.2, -0.15) is 0 Å². The molecule has 86 valence electrons. The largest absolute Gasteiger partial charge is 0.494 e. The molecule has 0 atom stereocenters. The summed E-state index contributed by atoms with van der Waals surface area (Å²) in [5.41, 5.74) is 0. The minimum atomic E-state index is -0.454. The predicted molar refractivity (Wildman–Crippen MR) is 54.8 cm³/mol. The summed E-state index contributed by atoms with van der Waals surface area (Å²) < 4.78 is 11.9. The Morgan fingerprint density at radius 2 is 1.60 bits per heavy atom. The molecule has 2 N–H and O–H groups in total. The van der Waals surface area contributed by atoms with Gasteiger partial charge in [0.15, 0.2) is 18.1 Å². The average Bonchev–Trinajstić information content (AvgIpc) is 2.50. The quantitative estimate of drug-likeness (QED) is 0.702. The SMILES string of the molecule is CCOC(Cn1c(O)ccc1O)OCC. The minimum Gasteiger partial charge on any atom is -0.494 e. The highest BCUT2D eigenvalue weighted by Crippen LogP contribution is 2.21. The molecule has 1 rings (SSSR count). The minimum absolute atomic E-state index is 0.00286. The second-order valence-corrected chi connectivity index (χ2v) is 3.00. The van der Waals surface area contributed by atoms with Gasteiger partial charge >= 0.3 is 0 Å². The Morgan fingerprint density at radius 3 is 2.00 bits per heavy atom. The summed E-state index contributed by atoms with van der Waals surface area (Å²) in [7, 11) is 0. The highest BCUT2D eigenvalue weighted by molar-refractivity contribution is 5.23. The Kier molecular flexibility index (Phi) is 4.45. The molecule has 0 aromatic carbocycles. The summed E-state index contributed by atoms with van der Waals surface area (Å²) in [6.07, 6.45) is -0.454. The van der Waals surface area contributed by atoms with Crippen LogP contribution in [0.4, 0.5) is 0 Å². The van der Waals surface area contributed by atoms with Crippen LogP contribution in [0.2, 0.25) is 0 Å². The van der Waals surface area contributed by atoms with Crippen molar-refractivity contribution in [1.29, 1.82) is 0 Å². The van der Waals surface area contributed by atoms with Gasteiger partial charge in [-0.05, 0) is 13.8 Å². The van der Waals surface area contributed by atoms with Crippen LogP contribution in [0.3, 0.4) is 0 Å². The standard InChI is InChI=1S/C10H17NO4/c1-3-14-10(15-4-2)7-11-8(12)5-6-9(11)13/h5-6,10,12-13H,3-4,7H2,1-2H3. The third-order valence-corrected chi connectivity index (χ3v) is 1.97. The van der Waals surface area contributed by atoms with E-state index >= 15 is 0 Å². The molecule has 0 spiro atoms. The molecular weight excluding hydrogens is 198 g/mol. The van der Waals surface area contributed by atoms with E-state index in [0.29, 0.717) is 13.2 Å². The average molecular weight is 215 g/mol. The van der Waals surface area contributed by atoms with E-state index in [1.54, 1.807) is 0 Å². The highest BCUT2D eigenvalue weighted by Gasteiger charge is 2.13. The topological polar surface area (TPSA) is 63.9 Å². The number of aromatic nitrogens is 1. The maximum Gasteiger partial charge on any atom is 0.194 e. The Hall–Kier alpha value is -1.20. The lowest BCUT2D eigenvalue weighted by molar-refractivity contribution is -0.144. The number of rotatable bonds is 6. The zero-order chi connectivity index (χ0) is 11.3. The summed E-state index contributed by atoms with van der Waals surface area (Å²) >= 11 is 0. The van der Waals surface area contributed by atoms with Gasteiger partial charge in [0.2, 0.25) is 0 Å². The first kappa shape index (κ1) is 11.9. The van der Waals surface area contributed by atoms with E-state index in [-0.39, 0.29) is 18.3 Å². The maximum absolute atomic E-state index is 9.41. The molecule has 0 saturated carbocycles. The van der Waals surface area contributed by atoms with Crippen molar-refractivity contribution in [2.45, 2.75) is 26.7 Å². The van der Waals surface area contributed by atoms with Gasteiger partial charge in [0.05, 0.1) is 6.54 Å². The van der Waals surface area contributed by atoms with Crippen molar-refractivity contribution in [3.63, 3.8) is 0 Å². The van der Waals surface area contributed by atoms with Crippen LogP contribution in [0.5, 0.6) is 11.8 Å². The Balaban J connectivity index is 2.64. The highest BCUT2D eigenvalue weighted by atomic mass is 16.7. The van der Waals surface area contributed by atoms with Crippen molar-refractivity contribution in [2.75, 3.05) is 13.2 Å². The van der Waals surface area contributed by atoms with E-state index in [2.05, 4.69) is 0 Å². The molecule has 0 unspecified atom stereocenters. The van der Waals surface area contributed by atoms with Gasteiger partial charge in [-0.3, -0.25) is 4.57 Å². The molecule has 0 amide bonds. The van der Waals surface area contributed by atoms with Crippen molar-refractivity contribution in [2.24, 2.45) is 0 Å². The Bertz CT molecular complexity index is 272. The van der Waals surface area contributed by atoms with Gasteiger partial charge in [-0.25, -0.2) is 0 Å². The van der Waals surface area contributed by atoms with Crippen LogP contribution >= 0.6 is 0 Å². The number of hydrogen-bond acceptors (Lipinski definition) is 4. The smallest absolute Gasteiger partial charge is 0.194 e. The van der Waals surface area contributed by atoms with Gasteiger partial charge in [0.25, 0.3) is 0 Å². The molecule has 0 aliphatic rings. The number of nitrogens with zero attached hydrogens (tertiary/aromatic N) is 1. The van der Waals surface area contributed by atoms with E-state index in [4.69, 9.17) is 9.47 Å². The van der Waals surface area contributed by atoms with Gasteiger partial charge < -0.3 is 19.7 Å². The summed E-state index contributed by atoms with van der Waals surface area (Å²) in [4.78, 5) is 0. The molecule has 0 radical (unpaired) electrons. The van der Waals surface area contributed by atoms with E-state index in [9.17, 15) is 10.2 Å². The van der Waals surface area contributed by atoms with Crippen LogP contribution in [-0.4, -0.2) is 34.3 Å². The van der Waals surface area contributed by atoms with Gasteiger partial charge in [-0.15, -0.1) is 0 Å². The first-order valence-electron chi connectivity index (χ1n) is 4.99. The zero-order valence-corrected chi connectivity index (χ0v) is 9.01. The summed E-state index contributed by atoms with van der Waals surface area (Å²) in [5.74, 6) is -0.00573. The van der Waals surface area contributed by atoms with E-state index in [1.807, 2.05) is 13.8 Å². The van der Waals surface area contributed by atoms with Crippen LogP contribution in [0.25, 0.3) is 0 Å². The van der Waals surface area contributed by atoms with Crippen LogP contribution in [0.1, 0.15) is 13.8 Å². The lowest BCUT2D eigenvalue weighted by Crippen LogP contribution is -2.23. The monoisotopic (exact) mass is 215 g/mol. The summed E-state index contributed by atoms with van der Waals surface area (Å²) in [6, 6.07) is 2.84. The lowest BCUT2D eigenvalue weighted by atomic mass is 10.5. The third kappa shape index (κ3) is 3.14. The molecule has 0 aliphatic heterocycles. The van der Waals surface area contributed by atoms with Crippen LogP contribution in [0, 0.1) is 0 Å². The Labute approximate surface area is 88.9 Å². The van der Waals surface area contributed by atoms with Crippen molar-refractivity contribution in [1.82, 2.24) is 4.57 Å². The second kappa shape index (κ2) is 5.63. The van der Waals surface area contributed by atoms with Crippen molar-refractivity contribution < 1.29 is 19.7 Å². The van der Waals surface area contributed by atoms with Crippen molar-refractivity contribution >= 4 is 0 Å². The summed E-state index contributed by atoms with van der Waals surface area (Å²) in [5, 5.41) is 18.8. The molecule has 5 heteroatoms. The molecule has 1 aromatic heterocycles. The van der Waals surface area contributed by atoms with E-state index < -0.39 is 6.29 Å². The zero-order valence-electron chi connectivity index (χ0n) is 9.01. The number of ether oxygens (including phenoxy) is 2. The van der Waals surface area contributed by atoms with Gasteiger partial charge in [0, 0.05) is 25.3 Å². The molecule has 1 aromatic rings. The number of hydrogen-bond donors (Lipinski definition) is 2. The van der Waals surface area contributed by atoms with E-state index in [1.165, 1.54) is 16.7 Å². The molecule has 0 fully saturated rings. The Morgan fingerprint density at radius 1 is 1.13 bits per heavy atom. The molecule has 0 aliphatic carbocycles. The predicted octanol–water partition coefficient (Wildman–Crippen LogP) is 1.30. The van der Waals surface area contributed by atoms with Gasteiger partial charge in [0.1, 0.15) is 0 Å². The second-order valence-electron chi connectivity index (χ2n) is 3.00. The molecule has 0 bridgehead atoms. The van der Waals surface area contributed by atoms with Crippen LogP contribution in [0.15, 0.2) is 12.1 Å².